The Balaban J connectivity index is 1.92. The molecule has 2 aliphatic rings. The van der Waals surface area contributed by atoms with Gasteiger partial charge in [0.1, 0.15) is 11.9 Å². The smallest absolute Gasteiger partial charge is 0.264 e. The average molecular weight is 402 g/mol. The molecule has 2 saturated carbocycles. The van der Waals surface area contributed by atoms with E-state index in [9.17, 15) is 4.79 Å². The van der Waals surface area contributed by atoms with Gasteiger partial charge in [-0.05, 0) is 61.1 Å². The molecule has 0 spiro atoms. The van der Waals surface area contributed by atoms with Crippen LogP contribution in [0, 0.1) is 9.49 Å². The number of hydrogen-bond acceptors (Lipinski definition) is 3. The highest BCUT2D eigenvalue weighted by Crippen LogP contribution is 2.41. The van der Waals surface area contributed by atoms with Crippen LogP contribution in [0.2, 0.25) is 0 Å². The number of H-pyrrole nitrogens is 1. The maximum Gasteiger partial charge on any atom is 0.264 e. The fourth-order valence-corrected chi connectivity index (χ4v) is 4.01. The maximum absolute atomic E-state index is 12.2. The Kier molecular flexibility index (Phi) is 4.99. The van der Waals surface area contributed by atoms with Gasteiger partial charge < -0.3 is 9.72 Å². The van der Waals surface area contributed by atoms with Crippen LogP contribution in [-0.4, -0.2) is 16.6 Å². The quantitative estimate of drug-likeness (QED) is 0.760. The first-order valence-corrected chi connectivity index (χ1v) is 9.19. The number of aromatic nitrogens is 2. The monoisotopic (exact) mass is 402 g/mol. The van der Waals surface area contributed by atoms with E-state index in [1.165, 1.54) is 32.1 Å². The van der Waals surface area contributed by atoms with Crippen LogP contribution in [0.25, 0.3) is 0 Å². The van der Waals surface area contributed by atoms with Crippen molar-refractivity contribution >= 4 is 22.6 Å². The number of ether oxygens (including phenoxy) is 1. The number of rotatable bonds is 5. The molecule has 1 heterocycles. The summed E-state index contributed by atoms with van der Waals surface area (Å²) < 4.78 is 6.74. The van der Waals surface area contributed by atoms with Crippen LogP contribution in [0.4, 0.5) is 0 Å². The molecule has 1 aromatic heterocycles. The molecular formula is C16H23IN2O2. The summed E-state index contributed by atoms with van der Waals surface area (Å²) in [6.07, 6.45) is 8.48. The molecule has 0 saturated heterocycles. The summed E-state index contributed by atoms with van der Waals surface area (Å²) in [4.78, 5) is 20.0. The Bertz CT molecular complexity index is 548. The Morgan fingerprint density at radius 1 is 1.29 bits per heavy atom. The molecule has 21 heavy (non-hydrogen) atoms. The minimum absolute atomic E-state index is 0.00279. The summed E-state index contributed by atoms with van der Waals surface area (Å²) in [7, 11) is 0. The van der Waals surface area contributed by atoms with Crippen LogP contribution < -0.4 is 5.56 Å². The lowest BCUT2D eigenvalue weighted by Gasteiger charge is -2.29. The van der Waals surface area contributed by atoms with E-state index in [0.29, 0.717) is 18.4 Å². The topological polar surface area (TPSA) is 55.0 Å². The normalized spacial score (nSPS) is 21.4. The second kappa shape index (κ2) is 6.77. The molecule has 5 heteroatoms. The summed E-state index contributed by atoms with van der Waals surface area (Å²) in [6, 6.07) is 0. The average Bonchev–Trinajstić information content (AvgIpc) is 3.33. The van der Waals surface area contributed by atoms with Gasteiger partial charge in [0.05, 0.1) is 9.26 Å². The lowest BCUT2D eigenvalue weighted by Crippen LogP contribution is -2.26. The molecule has 0 amide bonds. The Morgan fingerprint density at radius 2 is 2.00 bits per heavy atom. The van der Waals surface area contributed by atoms with Crippen molar-refractivity contribution in [1.29, 1.82) is 0 Å². The first-order valence-electron chi connectivity index (χ1n) is 8.12. The molecule has 0 aliphatic heterocycles. The molecule has 4 nitrogen and oxygen atoms in total. The standard InChI is InChI=1S/C16H23IN2O2/c1-2-21-14(11-6-4-3-5-7-11)15-18-13(10-8-9-10)12(17)16(20)19-15/h10-11,14H,2-9H2,1H3,(H,18,19,20). The largest absolute Gasteiger partial charge is 0.370 e. The first kappa shape index (κ1) is 15.5. The zero-order chi connectivity index (χ0) is 14.8. The van der Waals surface area contributed by atoms with Gasteiger partial charge in [-0.25, -0.2) is 4.98 Å². The summed E-state index contributed by atoms with van der Waals surface area (Å²) >= 11 is 2.13. The molecule has 1 atom stereocenters. The van der Waals surface area contributed by atoms with Gasteiger partial charge in [0.25, 0.3) is 5.56 Å². The van der Waals surface area contributed by atoms with E-state index in [4.69, 9.17) is 9.72 Å². The van der Waals surface area contributed by atoms with Gasteiger partial charge in [-0.2, -0.15) is 0 Å². The predicted molar refractivity (Wildman–Crippen MR) is 90.5 cm³/mol. The first-order chi connectivity index (χ1) is 10.2. The van der Waals surface area contributed by atoms with Gasteiger partial charge in [0.15, 0.2) is 0 Å². The van der Waals surface area contributed by atoms with Crippen LogP contribution in [-0.2, 0) is 4.74 Å². The minimum atomic E-state index is -0.0440. The number of hydrogen-bond donors (Lipinski definition) is 1. The maximum atomic E-state index is 12.2. The minimum Gasteiger partial charge on any atom is -0.370 e. The zero-order valence-electron chi connectivity index (χ0n) is 12.5. The van der Waals surface area contributed by atoms with E-state index < -0.39 is 0 Å². The van der Waals surface area contributed by atoms with Crippen molar-refractivity contribution in [2.24, 2.45) is 5.92 Å². The number of nitrogens with zero attached hydrogens (tertiary/aromatic N) is 1. The molecule has 1 aromatic rings. The highest BCUT2D eigenvalue weighted by atomic mass is 127. The highest BCUT2D eigenvalue weighted by Gasteiger charge is 2.32. The Hall–Kier alpha value is -0.430. The number of nitrogens with one attached hydrogen (secondary N) is 1. The summed E-state index contributed by atoms with van der Waals surface area (Å²) in [5, 5.41) is 0. The molecule has 1 N–H and O–H groups in total. The molecule has 0 radical (unpaired) electrons. The summed E-state index contributed by atoms with van der Waals surface area (Å²) in [6.45, 7) is 2.68. The van der Waals surface area contributed by atoms with Crippen molar-refractivity contribution in [1.82, 2.24) is 9.97 Å². The second-order valence-electron chi connectivity index (χ2n) is 6.20. The fourth-order valence-electron chi connectivity index (χ4n) is 3.31. The van der Waals surface area contributed by atoms with Crippen LogP contribution in [0.5, 0.6) is 0 Å². The van der Waals surface area contributed by atoms with Crippen molar-refractivity contribution in [3.8, 4) is 0 Å². The van der Waals surface area contributed by atoms with Crippen LogP contribution in [0.3, 0.4) is 0 Å². The molecular weight excluding hydrogens is 379 g/mol. The molecule has 1 unspecified atom stereocenters. The van der Waals surface area contributed by atoms with Gasteiger partial charge in [0, 0.05) is 12.5 Å². The third-order valence-corrected chi connectivity index (χ3v) is 5.61. The van der Waals surface area contributed by atoms with Gasteiger partial charge in [-0.15, -0.1) is 0 Å². The van der Waals surface area contributed by atoms with E-state index >= 15 is 0 Å². The fraction of sp³-hybridized carbons (Fsp3) is 0.750. The Labute approximate surface area is 139 Å². The van der Waals surface area contributed by atoms with E-state index in [0.717, 1.165) is 27.9 Å². The molecule has 3 rings (SSSR count). The third-order valence-electron chi connectivity index (χ3n) is 4.56. The summed E-state index contributed by atoms with van der Waals surface area (Å²) in [5.74, 6) is 1.75. The van der Waals surface area contributed by atoms with Gasteiger partial charge in [0.2, 0.25) is 0 Å². The van der Waals surface area contributed by atoms with E-state index in [-0.39, 0.29) is 11.7 Å². The number of halogens is 1. The molecule has 116 valence electrons. The van der Waals surface area contributed by atoms with E-state index in [1.54, 1.807) is 0 Å². The molecule has 2 aliphatic carbocycles. The molecule has 2 fully saturated rings. The van der Waals surface area contributed by atoms with Crippen LogP contribution in [0.1, 0.15) is 75.4 Å². The van der Waals surface area contributed by atoms with Gasteiger partial charge in [-0.3, -0.25) is 4.79 Å². The van der Waals surface area contributed by atoms with Crippen LogP contribution >= 0.6 is 22.6 Å². The lowest BCUT2D eigenvalue weighted by atomic mass is 9.85. The summed E-state index contributed by atoms with van der Waals surface area (Å²) in [5.41, 5.74) is 0.998. The molecule has 0 aromatic carbocycles. The zero-order valence-corrected chi connectivity index (χ0v) is 14.7. The highest BCUT2D eigenvalue weighted by molar-refractivity contribution is 14.1. The second-order valence-corrected chi connectivity index (χ2v) is 7.28. The predicted octanol–water partition coefficient (Wildman–Crippen LogP) is 3.91. The van der Waals surface area contributed by atoms with E-state index in [2.05, 4.69) is 27.6 Å². The Morgan fingerprint density at radius 3 is 2.62 bits per heavy atom. The van der Waals surface area contributed by atoms with Crippen molar-refractivity contribution in [3.63, 3.8) is 0 Å². The van der Waals surface area contributed by atoms with Gasteiger partial charge in [-0.1, -0.05) is 19.3 Å². The van der Waals surface area contributed by atoms with Crippen molar-refractivity contribution in [2.75, 3.05) is 6.61 Å². The van der Waals surface area contributed by atoms with E-state index in [1.807, 2.05) is 6.92 Å². The van der Waals surface area contributed by atoms with Crippen molar-refractivity contribution < 1.29 is 4.74 Å². The third kappa shape index (κ3) is 3.50. The van der Waals surface area contributed by atoms with Gasteiger partial charge >= 0.3 is 0 Å². The van der Waals surface area contributed by atoms with Crippen LogP contribution in [0.15, 0.2) is 4.79 Å². The SMILES string of the molecule is CCOC(c1nc(C2CC2)c(I)c(=O)[nH]1)C1CCCCC1. The lowest BCUT2D eigenvalue weighted by molar-refractivity contribution is -0.000513. The van der Waals surface area contributed by atoms with Crippen molar-refractivity contribution in [3.05, 3.63) is 25.4 Å². The number of aromatic amines is 1. The van der Waals surface area contributed by atoms with Crippen molar-refractivity contribution in [2.45, 2.75) is 63.9 Å². The molecule has 0 bridgehead atoms.